The second-order valence-electron chi connectivity index (χ2n) is 8.53. The highest BCUT2D eigenvalue weighted by Gasteiger charge is 2.28. The minimum atomic E-state index is -3.63. The molecule has 0 aliphatic carbocycles. The molecular formula is C23H34N4O6S2. The number of esters is 1. The number of imidazole rings is 1. The van der Waals surface area contributed by atoms with Crippen LogP contribution >= 0.6 is 11.8 Å². The van der Waals surface area contributed by atoms with Crippen LogP contribution in [0, 0.1) is 0 Å². The van der Waals surface area contributed by atoms with E-state index in [1.54, 1.807) is 26.0 Å². The van der Waals surface area contributed by atoms with Crippen LogP contribution in [0.2, 0.25) is 0 Å². The number of hydrogen-bond acceptors (Lipinski definition) is 9. The van der Waals surface area contributed by atoms with Crippen molar-refractivity contribution in [2.45, 2.75) is 42.1 Å². The van der Waals surface area contributed by atoms with Crippen molar-refractivity contribution in [1.29, 1.82) is 0 Å². The molecule has 35 heavy (non-hydrogen) atoms. The van der Waals surface area contributed by atoms with Crippen molar-refractivity contribution < 1.29 is 27.4 Å². The maximum absolute atomic E-state index is 13.2. The third-order valence-corrected chi connectivity index (χ3v) is 9.12. The SMILES string of the molecule is CCOC(=O)C(C)Sc1nc2cc(S(=O)(=O)N3CCOCC3)ccc2n1CCCN1CCOCC1. The Bertz CT molecular complexity index is 1110. The second kappa shape index (κ2) is 12.0. The normalized spacial score (nSPS) is 19.1. The number of aryl methyl sites for hydroxylation is 1. The molecule has 2 fully saturated rings. The van der Waals surface area contributed by atoms with Gasteiger partial charge in [0, 0.05) is 39.3 Å². The number of carbonyl (C=O) groups is 1. The van der Waals surface area contributed by atoms with E-state index in [1.807, 2.05) is 6.07 Å². The highest BCUT2D eigenvalue weighted by Crippen LogP contribution is 2.30. The molecule has 2 aliphatic rings. The zero-order chi connectivity index (χ0) is 24.8. The minimum absolute atomic E-state index is 0.222. The van der Waals surface area contributed by atoms with E-state index in [4.69, 9.17) is 19.2 Å². The molecule has 194 valence electrons. The van der Waals surface area contributed by atoms with Crippen molar-refractivity contribution in [3.63, 3.8) is 0 Å². The monoisotopic (exact) mass is 526 g/mol. The summed E-state index contributed by atoms with van der Waals surface area (Å²) in [6.45, 7) is 10.4. The first kappa shape index (κ1) is 26.4. The van der Waals surface area contributed by atoms with Gasteiger partial charge in [-0.2, -0.15) is 4.31 Å². The Morgan fingerprint density at radius 2 is 1.80 bits per heavy atom. The predicted octanol–water partition coefficient (Wildman–Crippen LogP) is 1.82. The summed E-state index contributed by atoms with van der Waals surface area (Å²) < 4.78 is 45.8. The van der Waals surface area contributed by atoms with Gasteiger partial charge in [-0.1, -0.05) is 11.8 Å². The van der Waals surface area contributed by atoms with Crippen LogP contribution in [0.25, 0.3) is 11.0 Å². The Kier molecular flexibility index (Phi) is 9.06. The van der Waals surface area contributed by atoms with Gasteiger partial charge in [-0.05, 0) is 38.5 Å². The van der Waals surface area contributed by atoms with Crippen LogP contribution in [0.1, 0.15) is 20.3 Å². The molecule has 2 aromatic rings. The van der Waals surface area contributed by atoms with Gasteiger partial charge in [0.15, 0.2) is 5.16 Å². The van der Waals surface area contributed by atoms with E-state index in [0.29, 0.717) is 50.1 Å². The number of sulfonamides is 1. The topological polar surface area (TPSA) is 103 Å². The molecule has 0 amide bonds. The molecule has 1 aromatic heterocycles. The van der Waals surface area contributed by atoms with Crippen LogP contribution in [-0.2, 0) is 35.6 Å². The number of benzene rings is 1. The lowest BCUT2D eigenvalue weighted by Gasteiger charge is -2.26. The highest BCUT2D eigenvalue weighted by molar-refractivity contribution is 8.00. The van der Waals surface area contributed by atoms with Gasteiger partial charge in [-0.15, -0.1) is 0 Å². The minimum Gasteiger partial charge on any atom is -0.465 e. The zero-order valence-corrected chi connectivity index (χ0v) is 22.0. The van der Waals surface area contributed by atoms with E-state index in [2.05, 4.69) is 9.47 Å². The fourth-order valence-electron chi connectivity index (χ4n) is 4.23. The van der Waals surface area contributed by atoms with Crippen molar-refractivity contribution >= 4 is 38.8 Å². The Morgan fingerprint density at radius 3 is 2.49 bits per heavy atom. The molecule has 2 saturated heterocycles. The van der Waals surface area contributed by atoms with Gasteiger partial charge < -0.3 is 18.8 Å². The number of nitrogens with zero attached hydrogens (tertiary/aromatic N) is 4. The van der Waals surface area contributed by atoms with Crippen molar-refractivity contribution in [3.8, 4) is 0 Å². The third-order valence-electron chi connectivity index (χ3n) is 6.15. The fraction of sp³-hybridized carbons (Fsp3) is 0.652. The van der Waals surface area contributed by atoms with E-state index in [9.17, 15) is 13.2 Å². The largest absolute Gasteiger partial charge is 0.465 e. The van der Waals surface area contributed by atoms with Gasteiger partial charge in [0.05, 0.1) is 49.0 Å². The Morgan fingerprint density at radius 1 is 1.11 bits per heavy atom. The van der Waals surface area contributed by atoms with E-state index in [0.717, 1.165) is 44.8 Å². The molecule has 0 bridgehead atoms. The summed E-state index contributed by atoms with van der Waals surface area (Å²) in [7, 11) is -3.63. The molecule has 12 heteroatoms. The summed E-state index contributed by atoms with van der Waals surface area (Å²) in [6.07, 6.45) is 0.903. The molecule has 10 nitrogen and oxygen atoms in total. The molecule has 1 aromatic carbocycles. The molecule has 4 rings (SSSR count). The number of ether oxygens (including phenoxy) is 3. The van der Waals surface area contributed by atoms with Gasteiger partial charge in [-0.3, -0.25) is 9.69 Å². The first-order chi connectivity index (χ1) is 16.9. The van der Waals surface area contributed by atoms with E-state index < -0.39 is 15.3 Å². The molecule has 0 spiro atoms. The number of fused-ring (bicyclic) bond motifs is 1. The smallest absolute Gasteiger partial charge is 0.319 e. The van der Waals surface area contributed by atoms with Crippen LogP contribution in [0.4, 0.5) is 0 Å². The lowest BCUT2D eigenvalue weighted by atomic mass is 10.3. The highest BCUT2D eigenvalue weighted by atomic mass is 32.2. The number of morpholine rings is 2. The average molecular weight is 527 g/mol. The van der Waals surface area contributed by atoms with E-state index in [1.165, 1.54) is 16.1 Å². The summed E-state index contributed by atoms with van der Waals surface area (Å²) in [4.78, 5) is 19.6. The number of aromatic nitrogens is 2. The standard InChI is InChI=1S/C23H34N4O6S2/c1-3-33-22(28)18(2)34-23-24-20-17-19(35(29,30)26-11-15-32-16-12-26)5-6-21(20)27(23)8-4-7-25-9-13-31-14-10-25/h5-6,17-18H,3-4,7-16H2,1-2H3. The molecule has 0 saturated carbocycles. The molecule has 1 atom stereocenters. The maximum Gasteiger partial charge on any atom is 0.319 e. The summed E-state index contributed by atoms with van der Waals surface area (Å²) in [5.74, 6) is -0.292. The van der Waals surface area contributed by atoms with Gasteiger partial charge >= 0.3 is 5.97 Å². The third kappa shape index (κ3) is 6.36. The van der Waals surface area contributed by atoms with Crippen LogP contribution in [0.3, 0.4) is 0 Å². The van der Waals surface area contributed by atoms with Crippen LogP contribution in [0.15, 0.2) is 28.3 Å². The quantitative estimate of drug-likeness (QED) is 0.339. The fourth-order valence-corrected chi connectivity index (χ4v) is 6.61. The maximum atomic E-state index is 13.2. The zero-order valence-electron chi connectivity index (χ0n) is 20.3. The van der Waals surface area contributed by atoms with Crippen LogP contribution in [-0.4, -0.2) is 104 Å². The second-order valence-corrected chi connectivity index (χ2v) is 11.8. The number of rotatable bonds is 10. The lowest BCUT2D eigenvalue weighted by molar-refractivity contribution is -0.142. The van der Waals surface area contributed by atoms with Crippen molar-refractivity contribution in [3.05, 3.63) is 18.2 Å². The van der Waals surface area contributed by atoms with Gasteiger partial charge in [-0.25, -0.2) is 13.4 Å². The average Bonchev–Trinajstić information content (AvgIpc) is 3.21. The summed E-state index contributed by atoms with van der Waals surface area (Å²) >= 11 is 1.34. The van der Waals surface area contributed by atoms with Crippen molar-refractivity contribution in [1.82, 2.24) is 18.8 Å². The first-order valence-electron chi connectivity index (χ1n) is 12.1. The van der Waals surface area contributed by atoms with Crippen LogP contribution in [0.5, 0.6) is 0 Å². The Hall–Kier alpha value is -1.70. The van der Waals surface area contributed by atoms with Crippen molar-refractivity contribution in [2.24, 2.45) is 0 Å². The Balaban J connectivity index is 1.59. The van der Waals surface area contributed by atoms with E-state index >= 15 is 0 Å². The molecule has 0 radical (unpaired) electrons. The number of thioether (sulfide) groups is 1. The van der Waals surface area contributed by atoms with Gasteiger partial charge in [0.1, 0.15) is 5.25 Å². The molecule has 2 aliphatic heterocycles. The number of carbonyl (C=O) groups excluding carboxylic acids is 1. The number of hydrogen-bond donors (Lipinski definition) is 0. The van der Waals surface area contributed by atoms with E-state index in [-0.39, 0.29) is 10.9 Å². The molecule has 1 unspecified atom stereocenters. The molecule has 3 heterocycles. The first-order valence-corrected chi connectivity index (χ1v) is 14.4. The van der Waals surface area contributed by atoms with Gasteiger partial charge in [0.25, 0.3) is 0 Å². The predicted molar refractivity (Wildman–Crippen MR) is 133 cm³/mol. The van der Waals surface area contributed by atoms with Crippen LogP contribution < -0.4 is 0 Å². The molecular weight excluding hydrogens is 492 g/mol. The summed E-state index contributed by atoms with van der Waals surface area (Å²) in [5, 5.41) is 0.254. The van der Waals surface area contributed by atoms with Crippen molar-refractivity contribution in [2.75, 3.05) is 65.8 Å². The summed E-state index contributed by atoms with van der Waals surface area (Å²) in [5.41, 5.74) is 1.45. The lowest BCUT2D eigenvalue weighted by Crippen LogP contribution is -2.40. The molecule has 0 N–H and O–H groups in total. The summed E-state index contributed by atoms with van der Waals surface area (Å²) in [6, 6.07) is 5.11. The Labute approximate surface area is 210 Å². The van der Waals surface area contributed by atoms with Gasteiger partial charge in [0.2, 0.25) is 10.0 Å².